The second-order valence-electron chi connectivity index (χ2n) is 4.77. The Bertz CT molecular complexity index is 476. The van der Waals surface area contributed by atoms with Crippen molar-refractivity contribution in [1.82, 2.24) is 0 Å². The molecule has 4 nitrogen and oxygen atoms in total. The van der Waals surface area contributed by atoms with Gasteiger partial charge in [0.05, 0.1) is 5.69 Å². The first-order valence-electron chi connectivity index (χ1n) is 6.75. The van der Waals surface area contributed by atoms with Gasteiger partial charge in [0.25, 0.3) is 0 Å². The van der Waals surface area contributed by atoms with E-state index in [1.54, 1.807) is 13.0 Å². The molecule has 0 radical (unpaired) electrons. The van der Waals surface area contributed by atoms with Gasteiger partial charge in [0.1, 0.15) is 5.25 Å². The minimum Gasteiger partial charge on any atom is -0.480 e. The van der Waals surface area contributed by atoms with Crippen molar-refractivity contribution in [3.63, 3.8) is 0 Å². The summed E-state index contributed by atoms with van der Waals surface area (Å²) in [5.74, 6) is -0.937. The monoisotopic (exact) mass is 295 g/mol. The molecule has 1 rings (SSSR count). The number of benzene rings is 1. The van der Waals surface area contributed by atoms with Crippen molar-refractivity contribution in [3.05, 3.63) is 24.3 Å². The van der Waals surface area contributed by atoms with Crippen LogP contribution in [0.25, 0.3) is 0 Å². The molecule has 0 fully saturated rings. The molecule has 1 amide bonds. The Morgan fingerprint density at radius 2 is 1.95 bits per heavy atom. The highest BCUT2D eigenvalue weighted by molar-refractivity contribution is 8.00. The minimum absolute atomic E-state index is 0.0251. The quantitative estimate of drug-likeness (QED) is 0.754. The van der Waals surface area contributed by atoms with E-state index in [0.29, 0.717) is 5.69 Å². The van der Waals surface area contributed by atoms with Crippen LogP contribution in [0, 0.1) is 5.92 Å². The van der Waals surface area contributed by atoms with E-state index in [2.05, 4.69) is 5.32 Å². The Morgan fingerprint density at radius 3 is 2.55 bits per heavy atom. The predicted octanol–water partition coefficient (Wildman–Crippen LogP) is 3.63. The topological polar surface area (TPSA) is 66.4 Å². The third-order valence-corrected chi connectivity index (χ3v) is 4.13. The van der Waals surface area contributed by atoms with E-state index in [-0.39, 0.29) is 11.8 Å². The van der Waals surface area contributed by atoms with Gasteiger partial charge in [-0.1, -0.05) is 32.4 Å². The van der Waals surface area contributed by atoms with Gasteiger partial charge in [-0.15, -0.1) is 11.8 Å². The van der Waals surface area contributed by atoms with Gasteiger partial charge in [-0.2, -0.15) is 0 Å². The summed E-state index contributed by atoms with van der Waals surface area (Å²) in [5.41, 5.74) is 0.679. The molecule has 2 atom stereocenters. The minimum atomic E-state index is -0.865. The van der Waals surface area contributed by atoms with Crippen LogP contribution in [0.15, 0.2) is 29.2 Å². The van der Waals surface area contributed by atoms with E-state index in [1.165, 1.54) is 11.8 Å². The van der Waals surface area contributed by atoms with Crippen LogP contribution in [0.4, 0.5) is 5.69 Å². The molecule has 0 aliphatic rings. The molecule has 0 saturated heterocycles. The first-order chi connectivity index (χ1) is 9.45. The van der Waals surface area contributed by atoms with Crippen LogP contribution in [0.5, 0.6) is 0 Å². The van der Waals surface area contributed by atoms with Crippen LogP contribution in [-0.4, -0.2) is 22.2 Å². The number of rotatable bonds is 7. The van der Waals surface area contributed by atoms with E-state index < -0.39 is 11.2 Å². The Labute approximate surface area is 124 Å². The maximum atomic E-state index is 12.0. The normalized spacial score (nSPS) is 13.6. The highest BCUT2D eigenvalue weighted by Crippen LogP contribution is 2.30. The van der Waals surface area contributed by atoms with E-state index in [0.717, 1.165) is 17.7 Å². The summed E-state index contributed by atoms with van der Waals surface area (Å²) in [5, 5.41) is 11.3. The van der Waals surface area contributed by atoms with Crippen LogP contribution >= 0.6 is 11.8 Å². The number of amides is 1. The van der Waals surface area contributed by atoms with Gasteiger partial charge < -0.3 is 10.4 Å². The van der Waals surface area contributed by atoms with Gasteiger partial charge in [0, 0.05) is 10.8 Å². The van der Waals surface area contributed by atoms with Crippen LogP contribution < -0.4 is 5.32 Å². The standard InChI is InChI=1S/C15H21NO3S/c1-4-7-10(2)14(17)16-12-8-5-6-9-13(12)20-11(3)15(18)19/h5-6,8-11H,4,7H2,1-3H3,(H,16,17)(H,18,19)/t10-,11-/m0/s1. The lowest BCUT2D eigenvalue weighted by atomic mass is 10.1. The van der Waals surface area contributed by atoms with Gasteiger partial charge in [0.15, 0.2) is 0 Å². The average molecular weight is 295 g/mol. The summed E-state index contributed by atoms with van der Waals surface area (Å²) >= 11 is 1.23. The zero-order chi connectivity index (χ0) is 15.1. The van der Waals surface area contributed by atoms with Crippen LogP contribution in [-0.2, 0) is 9.59 Å². The molecule has 0 saturated carbocycles. The maximum Gasteiger partial charge on any atom is 0.316 e. The number of para-hydroxylation sites is 1. The number of nitrogens with one attached hydrogen (secondary N) is 1. The molecule has 2 N–H and O–H groups in total. The number of carboxylic acid groups (broad SMARTS) is 1. The highest BCUT2D eigenvalue weighted by Gasteiger charge is 2.17. The predicted molar refractivity (Wildman–Crippen MR) is 82.1 cm³/mol. The zero-order valence-electron chi connectivity index (χ0n) is 12.1. The third kappa shape index (κ3) is 4.89. The Kier molecular flexibility index (Phi) is 6.58. The summed E-state index contributed by atoms with van der Waals surface area (Å²) in [6, 6.07) is 7.29. The Morgan fingerprint density at radius 1 is 1.30 bits per heavy atom. The highest BCUT2D eigenvalue weighted by atomic mass is 32.2. The van der Waals surface area contributed by atoms with E-state index in [4.69, 9.17) is 5.11 Å². The van der Waals surface area contributed by atoms with E-state index in [1.807, 2.05) is 32.0 Å². The van der Waals surface area contributed by atoms with Crippen molar-refractivity contribution in [2.24, 2.45) is 5.92 Å². The fraction of sp³-hybridized carbons (Fsp3) is 0.467. The number of carboxylic acids is 1. The number of carbonyl (C=O) groups excluding carboxylic acids is 1. The number of hydrogen-bond acceptors (Lipinski definition) is 3. The fourth-order valence-electron chi connectivity index (χ4n) is 1.73. The van der Waals surface area contributed by atoms with Gasteiger partial charge in [-0.05, 0) is 25.5 Å². The molecular formula is C15H21NO3S. The second kappa shape index (κ2) is 7.94. The lowest BCUT2D eigenvalue weighted by Gasteiger charge is -2.15. The van der Waals surface area contributed by atoms with Crippen molar-refractivity contribution in [2.75, 3.05) is 5.32 Å². The third-order valence-electron chi connectivity index (χ3n) is 2.97. The smallest absolute Gasteiger partial charge is 0.316 e. The van der Waals surface area contributed by atoms with Gasteiger partial charge in [0.2, 0.25) is 5.91 Å². The summed E-state index contributed by atoms with van der Waals surface area (Å²) < 4.78 is 0. The molecule has 5 heteroatoms. The molecular weight excluding hydrogens is 274 g/mol. The molecule has 1 aromatic rings. The maximum absolute atomic E-state index is 12.0. The zero-order valence-corrected chi connectivity index (χ0v) is 12.9. The van der Waals surface area contributed by atoms with Crippen molar-refractivity contribution in [3.8, 4) is 0 Å². The fourth-order valence-corrected chi connectivity index (χ4v) is 2.62. The van der Waals surface area contributed by atoms with Crippen molar-refractivity contribution in [1.29, 1.82) is 0 Å². The summed E-state index contributed by atoms with van der Waals surface area (Å²) in [4.78, 5) is 23.7. The van der Waals surface area contributed by atoms with E-state index in [9.17, 15) is 9.59 Å². The molecule has 0 bridgehead atoms. The van der Waals surface area contributed by atoms with Crippen molar-refractivity contribution >= 4 is 29.3 Å². The second-order valence-corrected chi connectivity index (χ2v) is 6.16. The summed E-state index contributed by atoms with van der Waals surface area (Å²) in [6.07, 6.45) is 1.80. The first-order valence-corrected chi connectivity index (χ1v) is 7.63. The number of anilines is 1. The Balaban J connectivity index is 2.80. The molecule has 0 aromatic heterocycles. The molecule has 0 aliphatic carbocycles. The lowest BCUT2D eigenvalue weighted by Crippen LogP contribution is -2.21. The van der Waals surface area contributed by atoms with Crippen molar-refractivity contribution in [2.45, 2.75) is 43.8 Å². The van der Waals surface area contributed by atoms with Crippen LogP contribution in [0.3, 0.4) is 0 Å². The number of hydrogen-bond donors (Lipinski definition) is 2. The van der Waals surface area contributed by atoms with Crippen LogP contribution in [0.2, 0.25) is 0 Å². The average Bonchev–Trinajstić information content (AvgIpc) is 2.40. The molecule has 0 aliphatic heterocycles. The van der Waals surface area contributed by atoms with E-state index >= 15 is 0 Å². The number of carbonyl (C=O) groups is 2. The summed E-state index contributed by atoms with van der Waals surface area (Å²) in [6.45, 7) is 5.57. The first kappa shape index (κ1) is 16.6. The largest absolute Gasteiger partial charge is 0.480 e. The molecule has 20 heavy (non-hydrogen) atoms. The van der Waals surface area contributed by atoms with Gasteiger partial charge in [-0.3, -0.25) is 9.59 Å². The molecule has 110 valence electrons. The van der Waals surface area contributed by atoms with Crippen LogP contribution in [0.1, 0.15) is 33.6 Å². The number of aliphatic carboxylic acids is 1. The van der Waals surface area contributed by atoms with Crippen molar-refractivity contribution < 1.29 is 14.7 Å². The molecule has 0 unspecified atom stereocenters. The van der Waals surface area contributed by atoms with Gasteiger partial charge >= 0.3 is 5.97 Å². The Hall–Kier alpha value is -1.49. The SMILES string of the molecule is CCC[C@H](C)C(=O)Nc1ccccc1S[C@@H](C)C(=O)O. The molecule has 0 heterocycles. The number of thioether (sulfide) groups is 1. The molecule has 1 aromatic carbocycles. The van der Waals surface area contributed by atoms with Gasteiger partial charge in [-0.25, -0.2) is 0 Å². The summed E-state index contributed by atoms with van der Waals surface area (Å²) in [7, 11) is 0. The molecule has 0 spiro atoms. The lowest BCUT2D eigenvalue weighted by molar-refractivity contribution is -0.136.